The molecule has 3 aromatic carbocycles. The molecule has 4 heteroatoms. The number of fused-ring (bicyclic) bond motifs is 2. The van der Waals surface area contributed by atoms with Crippen LogP contribution in [0.1, 0.15) is 11.1 Å². The van der Waals surface area contributed by atoms with Crippen LogP contribution in [0.5, 0.6) is 0 Å². The molecule has 7 aromatic rings. The molecule has 4 nitrogen and oxygen atoms in total. The Labute approximate surface area is 233 Å². The average molecular weight is 515 g/mol. The third-order valence-electron chi connectivity index (χ3n) is 7.69. The number of rotatable bonds is 4. The molecule has 0 N–H and O–H groups in total. The minimum Gasteiger partial charge on any atom is -0.264 e. The molecular weight excluding hydrogens is 488 g/mol. The van der Waals surface area contributed by atoms with E-state index in [1.807, 2.05) is 61.7 Å². The van der Waals surface area contributed by atoms with Gasteiger partial charge in [-0.1, -0.05) is 48.5 Å². The molecule has 0 aliphatic carbocycles. The quantitative estimate of drug-likeness (QED) is 0.220. The van der Waals surface area contributed by atoms with Crippen molar-refractivity contribution in [1.29, 1.82) is 0 Å². The summed E-state index contributed by atoms with van der Waals surface area (Å²) in [6.45, 7) is 4.22. The van der Waals surface area contributed by atoms with Gasteiger partial charge in [0.2, 0.25) is 0 Å². The number of pyridine rings is 4. The Morgan fingerprint density at radius 1 is 0.400 bits per heavy atom. The molecule has 0 amide bonds. The maximum absolute atomic E-state index is 4.68. The zero-order chi connectivity index (χ0) is 27.1. The summed E-state index contributed by atoms with van der Waals surface area (Å²) in [7, 11) is 0. The number of benzene rings is 3. The van der Waals surface area contributed by atoms with Crippen molar-refractivity contribution in [3.05, 3.63) is 133 Å². The predicted molar refractivity (Wildman–Crippen MR) is 164 cm³/mol. The van der Waals surface area contributed by atoms with Gasteiger partial charge in [0.05, 0.1) is 0 Å². The van der Waals surface area contributed by atoms with Crippen molar-refractivity contribution in [3.8, 4) is 44.5 Å². The molecule has 190 valence electrons. The fourth-order valence-corrected chi connectivity index (χ4v) is 5.73. The SMILES string of the molecule is Cc1ccncc1-c1cncc(-c2c3ccccc3c(-c3cncc(-c4cnccc4C)c3)c3ccccc23)c1. The lowest BCUT2D eigenvalue weighted by atomic mass is 9.86. The molecule has 0 spiro atoms. The van der Waals surface area contributed by atoms with Gasteiger partial charge in [-0.2, -0.15) is 0 Å². The minimum absolute atomic E-state index is 1.06. The van der Waals surface area contributed by atoms with E-state index in [4.69, 9.17) is 0 Å². The average Bonchev–Trinajstić information content (AvgIpc) is 3.00. The van der Waals surface area contributed by atoms with Crippen LogP contribution in [0.15, 0.2) is 122 Å². The molecule has 7 rings (SSSR count). The normalized spacial score (nSPS) is 11.2. The van der Waals surface area contributed by atoms with E-state index < -0.39 is 0 Å². The van der Waals surface area contributed by atoms with Crippen LogP contribution in [0, 0.1) is 13.8 Å². The summed E-state index contributed by atoms with van der Waals surface area (Å²) in [6.07, 6.45) is 15.3. The van der Waals surface area contributed by atoms with Crippen LogP contribution in [0.2, 0.25) is 0 Å². The predicted octanol–water partition coefficient (Wildman–Crippen LogP) is 8.86. The Hall–Kier alpha value is -5.22. The van der Waals surface area contributed by atoms with Crippen LogP contribution in [-0.4, -0.2) is 19.9 Å². The van der Waals surface area contributed by atoms with Crippen LogP contribution in [0.3, 0.4) is 0 Å². The highest BCUT2D eigenvalue weighted by Crippen LogP contribution is 2.44. The monoisotopic (exact) mass is 514 g/mol. The summed E-state index contributed by atoms with van der Waals surface area (Å²) < 4.78 is 0. The maximum atomic E-state index is 4.68. The van der Waals surface area contributed by atoms with Crippen molar-refractivity contribution in [2.75, 3.05) is 0 Å². The lowest BCUT2D eigenvalue weighted by molar-refractivity contribution is 1.27. The maximum Gasteiger partial charge on any atom is 0.0349 e. The fraction of sp³-hybridized carbons (Fsp3) is 0.0556. The van der Waals surface area contributed by atoms with Gasteiger partial charge < -0.3 is 0 Å². The van der Waals surface area contributed by atoms with Crippen molar-refractivity contribution < 1.29 is 0 Å². The van der Waals surface area contributed by atoms with Gasteiger partial charge in [-0.3, -0.25) is 19.9 Å². The number of hydrogen-bond acceptors (Lipinski definition) is 4. The standard InChI is InChI=1S/C36H26N4/c1-23-11-13-37-21-33(23)25-15-27(19-39-17-25)35-29-7-3-5-9-31(29)36(32-10-6-4-8-30(32)35)28-16-26(18-40-20-28)34-22-38-14-12-24(34)2/h3-22H,1-2H3. The molecule has 0 bridgehead atoms. The van der Waals surface area contributed by atoms with Gasteiger partial charge in [-0.05, 0) is 81.9 Å². The second-order valence-electron chi connectivity index (χ2n) is 10.1. The lowest BCUT2D eigenvalue weighted by Gasteiger charge is -2.18. The highest BCUT2D eigenvalue weighted by Gasteiger charge is 2.18. The zero-order valence-corrected chi connectivity index (χ0v) is 22.3. The summed E-state index contributed by atoms with van der Waals surface area (Å²) >= 11 is 0. The van der Waals surface area contributed by atoms with Gasteiger partial charge in [0, 0.05) is 83.0 Å². The van der Waals surface area contributed by atoms with E-state index in [-0.39, 0.29) is 0 Å². The van der Waals surface area contributed by atoms with Crippen molar-refractivity contribution in [3.63, 3.8) is 0 Å². The van der Waals surface area contributed by atoms with Gasteiger partial charge in [0.25, 0.3) is 0 Å². The Bertz CT molecular complexity index is 1840. The topological polar surface area (TPSA) is 51.6 Å². The van der Waals surface area contributed by atoms with Crippen molar-refractivity contribution in [1.82, 2.24) is 19.9 Å². The lowest BCUT2D eigenvalue weighted by Crippen LogP contribution is -1.93. The van der Waals surface area contributed by atoms with E-state index in [9.17, 15) is 0 Å². The molecule has 0 saturated heterocycles. The summed E-state index contributed by atoms with van der Waals surface area (Å²) in [5.41, 5.74) is 11.2. The Morgan fingerprint density at radius 3 is 1.15 bits per heavy atom. The number of nitrogens with zero attached hydrogens (tertiary/aromatic N) is 4. The van der Waals surface area contributed by atoms with E-state index in [2.05, 4.69) is 94.4 Å². The molecular formula is C36H26N4. The van der Waals surface area contributed by atoms with E-state index in [1.165, 1.54) is 43.8 Å². The van der Waals surface area contributed by atoms with E-state index in [1.54, 1.807) is 0 Å². The van der Waals surface area contributed by atoms with Crippen molar-refractivity contribution in [2.45, 2.75) is 13.8 Å². The number of aromatic nitrogens is 4. The summed E-state index contributed by atoms with van der Waals surface area (Å²) in [6, 6.07) is 25.8. The van der Waals surface area contributed by atoms with Gasteiger partial charge in [-0.25, -0.2) is 0 Å². The van der Waals surface area contributed by atoms with Crippen molar-refractivity contribution in [2.24, 2.45) is 0 Å². The first-order chi connectivity index (χ1) is 19.7. The smallest absolute Gasteiger partial charge is 0.0349 e. The van der Waals surface area contributed by atoms with Gasteiger partial charge in [-0.15, -0.1) is 0 Å². The Balaban J connectivity index is 1.51. The van der Waals surface area contributed by atoms with Crippen molar-refractivity contribution >= 4 is 21.5 Å². The fourth-order valence-electron chi connectivity index (χ4n) is 5.73. The Morgan fingerprint density at radius 2 is 0.775 bits per heavy atom. The minimum atomic E-state index is 1.06. The number of aryl methyl sites for hydroxylation is 2. The summed E-state index contributed by atoms with van der Waals surface area (Å²) in [4.78, 5) is 18.1. The second-order valence-corrected chi connectivity index (χ2v) is 10.1. The van der Waals surface area contributed by atoms with Crippen LogP contribution in [-0.2, 0) is 0 Å². The Kier molecular flexibility index (Phi) is 5.86. The largest absolute Gasteiger partial charge is 0.264 e. The first kappa shape index (κ1) is 23.9. The molecule has 4 heterocycles. The molecule has 40 heavy (non-hydrogen) atoms. The van der Waals surface area contributed by atoms with Gasteiger partial charge in [0.1, 0.15) is 0 Å². The third-order valence-corrected chi connectivity index (χ3v) is 7.69. The van der Waals surface area contributed by atoms with Gasteiger partial charge in [0.15, 0.2) is 0 Å². The molecule has 0 saturated carbocycles. The first-order valence-corrected chi connectivity index (χ1v) is 13.4. The molecule has 0 unspecified atom stereocenters. The van der Waals surface area contributed by atoms with Crippen LogP contribution in [0.25, 0.3) is 66.1 Å². The molecule has 0 radical (unpaired) electrons. The summed E-state index contributed by atoms with van der Waals surface area (Å²) in [5.74, 6) is 0. The highest BCUT2D eigenvalue weighted by molar-refractivity contribution is 6.21. The van der Waals surface area contributed by atoms with Gasteiger partial charge >= 0.3 is 0 Å². The van der Waals surface area contributed by atoms with E-state index >= 15 is 0 Å². The molecule has 0 fully saturated rings. The molecule has 4 aromatic heterocycles. The molecule has 0 atom stereocenters. The summed E-state index contributed by atoms with van der Waals surface area (Å²) in [5, 5.41) is 4.73. The van der Waals surface area contributed by atoms with E-state index in [0.29, 0.717) is 0 Å². The van der Waals surface area contributed by atoms with Crippen LogP contribution >= 0.6 is 0 Å². The van der Waals surface area contributed by atoms with E-state index in [0.717, 1.165) is 33.4 Å². The third kappa shape index (κ3) is 4.02. The number of hydrogen-bond donors (Lipinski definition) is 0. The highest BCUT2D eigenvalue weighted by atomic mass is 14.7. The zero-order valence-electron chi connectivity index (χ0n) is 22.3. The first-order valence-electron chi connectivity index (χ1n) is 13.4. The molecule has 0 aliphatic heterocycles. The molecule has 0 aliphatic rings. The van der Waals surface area contributed by atoms with Crippen LogP contribution < -0.4 is 0 Å². The van der Waals surface area contributed by atoms with Crippen LogP contribution in [0.4, 0.5) is 0 Å². The second kappa shape index (κ2) is 9.83.